The van der Waals surface area contributed by atoms with Crippen LogP contribution in [0.25, 0.3) is 0 Å². The zero-order valence-electron chi connectivity index (χ0n) is 14.9. The number of hydrogen-bond donors (Lipinski definition) is 0. The van der Waals surface area contributed by atoms with Crippen molar-refractivity contribution in [1.82, 2.24) is 0 Å². The fourth-order valence-corrected chi connectivity index (χ4v) is 3.17. The second-order valence-corrected chi connectivity index (χ2v) is 7.10. The van der Waals surface area contributed by atoms with Gasteiger partial charge in [-0.25, -0.2) is 0 Å². The lowest BCUT2D eigenvalue weighted by molar-refractivity contribution is -0.496. The summed E-state index contributed by atoms with van der Waals surface area (Å²) in [5.41, 5.74) is 1.61. The van der Waals surface area contributed by atoms with E-state index in [9.17, 15) is 10.1 Å². The molecule has 0 aromatic heterocycles. The van der Waals surface area contributed by atoms with E-state index in [0.717, 1.165) is 36.1 Å². The van der Waals surface area contributed by atoms with Gasteiger partial charge < -0.3 is 18.9 Å². The lowest BCUT2D eigenvalue weighted by atomic mass is 10.0. The van der Waals surface area contributed by atoms with E-state index in [4.69, 9.17) is 18.9 Å². The molecule has 0 spiro atoms. The number of nitrogens with zero attached hydrogens (tertiary/aromatic N) is 1. The molecule has 2 aliphatic rings. The summed E-state index contributed by atoms with van der Waals surface area (Å²) in [6, 6.07) is 5.52. The second kappa shape index (κ2) is 7.27. The Kier molecular flexibility index (Phi) is 5.27. The first-order valence-corrected chi connectivity index (χ1v) is 8.71. The van der Waals surface area contributed by atoms with Crippen molar-refractivity contribution < 1.29 is 23.9 Å². The van der Waals surface area contributed by atoms with E-state index in [-0.39, 0.29) is 17.6 Å². The van der Waals surface area contributed by atoms with Gasteiger partial charge in [-0.1, -0.05) is 6.07 Å². The van der Waals surface area contributed by atoms with Crippen molar-refractivity contribution in [2.75, 3.05) is 6.54 Å². The second-order valence-electron chi connectivity index (χ2n) is 7.10. The molecule has 2 heterocycles. The van der Waals surface area contributed by atoms with E-state index in [1.54, 1.807) is 0 Å². The van der Waals surface area contributed by atoms with E-state index in [2.05, 4.69) is 0 Å². The van der Waals surface area contributed by atoms with Crippen molar-refractivity contribution in [3.8, 4) is 5.75 Å². The van der Waals surface area contributed by atoms with Crippen molar-refractivity contribution in [1.29, 1.82) is 0 Å². The van der Waals surface area contributed by atoms with Crippen LogP contribution in [0.1, 0.15) is 57.3 Å². The maximum absolute atomic E-state index is 11.1. The highest BCUT2D eigenvalue weighted by Crippen LogP contribution is 2.34. The quantitative estimate of drug-likeness (QED) is 0.596. The summed E-state index contributed by atoms with van der Waals surface area (Å²) < 4.78 is 23.1. The highest BCUT2D eigenvalue weighted by atomic mass is 16.7. The SMILES string of the molecule is C[C@H]1CCC[C@@H](O[C@@H](C[N+](=O)[O-])c2ccc3c(c2)COC(C)(C)O3)O1. The minimum absolute atomic E-state index is 0.113. The molecule has 0 saturated carbocycles. The minimum atomic E-state index is -0.669. The lowest BCUT2D eigenvalue weighted by Crippen LogP contribution is -2.35. The fraction of sp³-hybridized carbons (Fsp3) is 0.667. The van der Waals surface area contributed by atoms with Crippen LogP contribution >= 0.6 is 0 Å². The van der Waals surface area contributed by atoms with Crippen molar-refractivity contribution in [3.05, 3.63) is 39.4 Å². The predicted molar refractivity (Wildman–Crippen MR) is 89.8 cm³/mol. The zero-order valence-corrected chi connectivity index (χ0v) is 14.9. The number of fused-ring (bicyclic) bond motifs is 1. The molecule has 0 amide bonds. The molecule has 25 heavy (non-hydrogen) atoms. The molecule has 7 nitrogen and oxygen atoms in total. The third kappa shape index (κ3) is 4.68. The molecular formula is C18H25NO6. The summed E-state index contributed by atoms with van der Waals surface area (Å²) in [4.78, 5) is 10.7. The van der Waals surface area contributed by atoms with E-state index in [0.29, 0.717) is 6.61 Å². The zero-order chi connectivity index (χ0) is 18.0. The van der Waals surface area contributed by atoms with Crippen LogP contribution in [0.5, 0.6) is 5.75 Å². The molecule has 0 unspecified atom stereocenters. The average molecular weight is 351 g/mol. The Morgan fingerprint density at radius 1 is 1.40 bits per heavy atom. The van der Waals surface area contributed by atoms with Crippen LogP contribution in [0.15, 0.2) is 18.2 Å². The van der Waals surface area contributed by atoms with Gasteiger partial charge in [0.15, 0.2) is 6.29 Å². The van der Waals surface area contributed by atoms with Gasteiger partial charge in [0.1, 0.15) is 11.9 Å². The van der Waals surface area contributed by atoms with E-state index < -0.39 is 18.2 Å². The van der Waals surface area contributed by atoms with Gasteiger partial charge >= 0.3 is 0 Å². The Hall–Kier alpha value is -1.70. The molecule has 138 valence electrons. The Labute approximate surface area is 147 Å². The van der Waals surface area contributed by atoms with Crippen molar-refractivity contribution >= 4 is 0 Å². The molecule has 7 heteroatoms. The average Bonchev–Trinajstić information content (AvgIpc) is 2.52. The highest BCUT2D eigenvalue weighted by Gasteiger charge is 2.30. The Balaban J connectivity index is 1.78. The summed E-state index contributed by atoms with van der Waals surface area (Å²) in [5, 5.41) is 11.1. The summed E-state index contributed by atoms with van der Waals surface area (Å²) >= 11 is 0. The number of rotatable bonds is 5. The Morgan fingerprint density at radius 3 is 2.92 bits per heavy atom. The smallest absolute Gasteiger partial charge is 0.233 e. The molecule has 1 aromatic carbocycles. The van der Waals surface area contributed by atoms with Gasteiger partial charge in [0.2, 0.25) is 12.3 Å². The van der Waals surface area contributed by atoms with Gasteiger partial charge in [-0.3, -0.25) is 10.1 Å². The molecule has 1 saturated heterocycles. The molecule has 2 aliphatic heterocycles. The Morgan fingerprint density at radius 2 is 2.20 bits per heavy atom. The van der Waals surface area contributed by atoms with Gasteiger partial charge in [0.05, 0.1) is 12.7 Å². The summed E-state index contributed by atoms with van der Waals surface area (Å²) in [6.45, 7) is 5.79. The number of hydrogen-bond acceptors (Lipinski definition) is 6. The number of ether oxygens (including phenoxy) is 4. The van der Waals surface area contributed by atoms with Crippen LogP contribution in [0.2, 0.25) is 0 Å². The molecule has 1 fully saturated rings. The predicted octanol–water partition coefficient (Wildman–Crippen LogP) is 3.58. The Bertz CT molecular complexity index is 632. The number of benzene rings is 1. The van der Waals surface area contributed by atoms with Crippen molar-refractivity contribution in [2.45, 2.75) is 70.9 Å². The van der Waals surface area contributed by atoms with Crippen molar-refractivity contribution in [2.24, 2.45) is 0 Å². The van der Waals surface area contributed by atoms with Crippen LogP contribution in [0.4, 0.5) is 0 Å². The first kappa shape index (κ1) is 18.1. The highest BCUT2D eigenvalue weighted by molar-refractivity contribution is 5.39. The van der Waals surface area contributed by atoms with E-state index >= 15 is 0 Å². The topological polar surface area (TPSA) is 80.1 Å². The normalized spacial score (nSPS) is 26.4. The fourth-order valence-electron chi connectivity index (χ4n) is 3.17. The summed E-state index contributed by atoms with van der Waals surface area (Å²) in [7, 11) is 0. The minimum Gasteiger partial charge on any atom is -0.463 e. The monoisotopic (exact) mass is 351 g/mol. The van der Waals surface area contributed by atoms with E-state index in [1.165, 1.54) is 0 Å². The maximum atomic E-state index is 11.1. The van der Waals surface area contributed by atoms with E-state index in [1.807, 2.05) is 39.0 Å². The molecule has 0 N–H and O–H groups in total. The van der Waals surface area contributed by atoms with Crippen LogP contribution in [-0.4, -0.2) is 29.6 Å². The molecule has 1 aromatic rings. The summed E-state index contributed by atoms with van der Waals surface area (Å²) in [6.07, 6.45) is 1.79. The standard InChI is InChI=1S/C18H25NO6/c1-12-5-4-6-17(23-12)24-16(10-19(20)21)13-7-8-15-14(9-13)11-22-18(2,3)25-15/h7-9,12,16-17H,4-6,10-11H2,1-3H3/t12-,16-,17+/m0/s1. The van der Waals surface area contributed by atoms with Crippen LogP contribution in [0, 0.1) is 10.1 Å². The summed E-state index contributed by atoms with van der Waals surface area (Å²) in [5.74, 6) is 0.0690. The lowest BCUT2D eigenvalue weighted by Gasteiger charge is -2.33. The third-order valence-corrected chi connectivity index (χ3v) is 4.45. The molecule has 0 bridgehead atoms. The maximum Gasteiger partial charge on any atom is 0.233 e. The largest absolute Gasteiger partial charge is 0.463 e. The van der Waals surface area contributed by atoms with Crippen LogP contribution < -0.4 is 4.74 Å². The first-order valence-electron chi connectivity index (χ1n) is 8.71. The van der Waals surface area contributed by atoms with Crippen LogP contribution in [0.3, 0.4) is 0 Å². The van der Waals surface area contributed by atoms with Gasteiger partial charge in [-0.2, -0.15) is 0 Å². The van der Waals surface area contributed by atoms with Crippen LogP contribution in [-0.2, 0) is 20.8 Å². The molecule has 3 rings (SSSR count). The molecule has 3 atom stereocenters. The molecule has 0 radical (unpaired) electrons. The molecule has 0 aliphatic carbocycles. The first-order chi connectivity index (χ1) is 11.8. The molecular weight excluding hydrogens is 326 g/mol. The van der Waals surface area contributed by atoms with Crippen molar-refractivity contribution in [3.63, 3.8) is 0 Å². The van der Waals surface area contributed by atoms with Gasteiger partial charge in [-0.05, 0) is 43.9 Å². The van der Waals surface area contributed by atoms with Gasteiger partial charge in [-0.15, -0.1) is 0 Å². The third-order valence-electron chi connectivity index (χ3n) is 4.45. The van der Waals surface area contributed by atoms with Gasteiger partial charge in [0.25, 0.3) is 0 Å². The van der Waals surface area contributed by atoms with Gasteiger partial charge in [0, 0.05) is 24.3 Å². The number of nitro groups is 1.